The highest BCUT2D eigenvalue weighted by atomic mass is 19.1. The number of aromatic nitrogens is 5. The van der Waals surface area contributed by atoms with E-state index in [1.807, 2.05) is 6.07 Å². The predicted molar refractivity (Wildman–Crippen MR) is 102 cm³/mol. The van der Waals surface area contributed by atoms with Crippen LogP contribution in [-0.2, 0) is 7.05 Å². The summed E-state index contributed by atoms with van der Waals surface area (Å²) >= 11 is 0. The highest BCUT2D eigenvalue weighted by Crippen LogP contribution is 2.33. The molecule has 4 rings (SSSR count). The second kappa shape index (κ2) is 7.11. The molecule has 4 aromatic rings. The van der Waals surface area contributed by atoms with Gasteiger partial charge in [0.15, 0.2) is 5.65 Å². The number of hydrogen-bond donors (Lipinski definition) is 1. The zero-order chi connectivity index (χ0) is 20.5. The summed E-state index contributed by atoms with van der Waals surface area (Å²) in [6.45, 7) is 0. The zero-order valence-corrected chi connectivity index (χ0v) is 15.3. The highest BCUT2D eigenvalue weighted by molar-refractivity contribution is 5.80. The molecule has 146 valence electrons. The maximum atomic E-state index is 13.8. The number of nitrogens with zero attached hydrogens (tertiary/aromatic N) is 6. The minimum absolute atomic E-state index is 0.0838. The number of nitro groups is 1. The Morgan fingerprint density at radius 2 is 2.07 bits per heavy atom. The monoisotopic (exact) mass is 395 g/mol. The van der Waals surface area contributed by atoms with Crippen LogP contribution in [0.15, 0.2) is 42.9 Å². The van der Waals surface area contributed by atoms with E-state index in [1.165, 1.54) is 13.3 Å². The van der Waals surface area contributed by atoms with E-state index in [0.29, 0.717) is 5.69 Å². The predicted octanol–water partition coefficient (Wildman–Crippen LogP) is 3.22. The molecule has 0 amide bonds. The lowest BCUT2D eigenvalue weighted by atomic mass is 10.2. The third kappa shape index (κ3) is 3.40. The Balaban J connectivity index is 1.70. The summed E-state index contributed by atoms with van der Waals surface area (Å²) in [6, 6.07) is 5.57. The van der Waals surface area contributed by atoms with Crippen molar-refractivity contribution in [1.82, 2.24) is 24.7 Å². The Hall–Kier alpha value is -4.15. The number of rotatable bonds is 5. The summed E-state index contributed by atoms with van der Waals surface area (Å²) in [4.78, 5) is 23.1. The molecule has 0 fully saturated rings. The molecule has 0 bridgehead atoms. The van der Waals surface area contributed by atoms with E-state index in [4.69, 9.17) is 4.74 Å². The molecule has 1 N–H and O–H groups in total. The van der Waals surface area contributed by atoms with Gasteiger partial charge >= 0.3 is 5.69 Å². The van der Waals surface area contributed by atoms with Crippen molar-refractivity contribution in [3.05, 3.63) is 58.8 Å². The number of aryl methyl sites for hydroxylation is 1. The third-order valence-electron chi connectivity index (χ3n) is 4.24. The number of hydrogen-bond acceptors (Lipinski definition) is 8. The average molecular weight is 395 g/mol. The van der Waals surface area contributed by atoms with Gasteiger partial charge in [0.05, 0.1) is 29.6 Å². The van der Waals surface area contributed by atoms with Crippen LogP contribution in [-0.4, -0.2) is 36.8 Å². The molecule has 0 radical (unpaired) electrons. The Morgan fingerprint density at radius 3 is 2.83 bits per heavy atom. The average Bonchev–Trinajstić information content (AvgIpc) is 3.09. The van der Waals surface area contributed by atoms with E-state index in [9.17, 15) is 14.5 Å². The van der Waals surface area contributed by atoms with Crippen LogP contribution in [0.3, 0.4) is 0 Å². The van der Waals surface area contributed by atoms with E-state index in [2.05, 4.69) is 25.4 Å². The summed E-state index contributed by atoms with van der Waals surface area (Å²) < 4.78 is 20.6. The first-order valence-electron chi connectivity index (χ1n) is 8.36. The van der Waals surface area contributed by atoms with Gasteiger partial charge in [0.25, 0.3) is 0 Å². The maximum absolute atomic E-state index is 13.8. The van der Waals surface area contributed by atoms with Crippen molar-refractivity contribution in [2.75, 3.05) is 12.4 Å². The summed E-state index contributed by atoms with van der Waals surface area (Å²) in [5.74, 6) is -0.753. The van der Waals surface area contributed by atoms with Gasteiger partial charge in [-0.25, -0.2) is 15.0 Å². The van der Waals surface area contributed by atoms with Crippen molar-refractivity contribution in [2.24, 2.45) is 7.05 Å². The maximum Gasteiger partial charge on any atom is 0.307 e. The van der Waals surface area contributed by atoms with Crippen molar-refractivity contribution in [2.45, 2.75) is 0 Å². The Morgan fingerprint density at radius 1 is 1.24 bits per heavy atom. The number of nitro benzene ring substituents is 1. The standard InChI is InChI=1S/C18H14FN7O3/c1-25-17-11(9-22-25)5-10(8-21-17)13-3-4-20-18(23-13)24-14-7-15(26(27)28)12(19)6-16(14)29-2/h3-9H,1-2H3,(H,20,23,24). The molecule has 10 nitrogen and oxygen atoms in total. The van der Waals surface area contributed by atoms with Gasteiger partial charge in [-0.2, -0.15) is 9.49 Å². The molecular formula is C18H14FN7O3. The van der Waals surface area contributed by atoms with Crippen LogP contribution >= 0.6 is 0 Å². The molecule has 0 saturated heterocycles. The largest absolute Gasteiger partial charge is 0.494 e. The lowest BCUT2D eigenvalue weighted by molar-refractivity contribution is -0.387. The van der Waals surface area contributed by atoms with Crippen LogP contribution in [0.2, 0.25) is 0 Å². The summed E-state index contributed by atoms with van der Waals surface area (Å²) in [5, 5.41) is 18.9. The number of methoxy groups -OCH3 is 1. The SMILES string of the molecule is COc1cc(F)c([N+](=O)[O-])cc1Nc1nccc(-c2cnc3c(cnn3C)c2)n1. The molecule has 0 aliphatic carbocycles. The molecule has 0 spiro atoms. The highest BCUT2D eigenvalue weighted by Gasteiger charge is 2.19. The van der Waals surface area contributed by atoms with E-state index in [1.54, 1.807) is 30.2 Å². The molecular weight excluding hydrogens is 381 g/mol. The lowest BCUT2D eigenvalue weighted by Gasteiger charge is -2.11. The smallest absolute Gasteiger partial charge is 0.307 e. The molecule has 0 atom stereocenters. The van der Waals surface area contributed by atoms with E-state index in [-0.39, 0.29) is 17.4 Å². The fourth-order valence-corrected chi connectivity index (χ4v) is 2.83. The van der Waals surface area contributed by atoms with Crippen molar-refractivity contribution in [3.63, 3.8) is 0 Å². The normalized spacial score (nSPS) is 10.9. The van der Waals surface area contributed by atoms with Gasteiger partial charge in [0.2, 0.25) is 11.8 Å². The quantitative estimate of drug-likeness (QED) is 0.404. The first-order chi connectivity index (χ1) is 14.0. The second-order valence-electron chi connectivity index (χ2n) is 6.06. The number of ether oxygens (including phenoxy) is 1. The number of benzene rings is 1. The molecule has 0 unspecified atom stereocenters. The minimum atomic E-state index is -0.997. The Labute approximate surface area is 163 Å². The summed E-state index contributed by atoms with van der Waals surface area (Å²) in [5.41, 5.74) is 1.54. The Bertz CT molecular complexity index is 1240. The van der Waals surface area contributed by atoms with Crippen LogP contribution in [0.5, 0.6) is 5.75 Å². The zero-order valence-electron chi connectivity index (χ0n) is 15.3. The fourth-order valence-electron chi connectivity index (χ4n) is 2.83. The number of anilines is 2. The molecule has 0 saturated carbocycles. The van der Waals surface area contributed by atoms with Gasteiger partial charge in [0, 0.05) is 42.5 Å². The van der Waals surface area contributed by atoms with Gasteiger partial charge in [-0.3, -0.25) is 14.8 Å². The number of pyridine rings is 1. The first kappa shape index (κ1) is 18.2. The van der Waals surface area contributed by atoms with Crippen LogP contribution < -0.4 is 10.1 Å². The molecule has 1 aromatic carbocycles. The van der Waals surface area contributed by atoms with Gasteiger partial charge in [-0.1, -0.05) is 0 Å². The molecule has 3 aromatic heterocycles. The number of halogens is 1. The van der Waals surface area contributed by atoms with Gasteiger partial charge in [-0.05, 0) is 12.1 Å². The second-order valence-corrected chi connectivity index (χ2v) is 6.06. The van der Waals surface area contributed by atoms with Crippen LogP contribution in [0.25, 0.3) is 22.3 Å². The van der Waals surface area contributed by atoms with Gasteiger partial charge in [0.1, 0.15) is 5.75 Å². The minimum Gasteiger partial charge on any atom is -0.494 e. The third-order valence-corrected chi connectivity index (χ3v) is 4.24. The van der Waals surface area contributed by atoms with Crippen LogP contribution in [0.4, 0.5) is 21.7 Å². The van der Waals surface area contributed by atoms with Crippen molar-refractivity contribution < 1.29 is 14.1 Å². The topological polar surface area (TPSA) is 121 Å². The van der Waals surface area contributed by atoms with Crippen LogP contribution in [0, 0.1) is 15.9 Å². The fraction of sp³-hybridized carbons (Fsp3) is 0.111. The van der Waals surface area contributed by atoms with Gasteiger partial charge in [-0.15, -0.1) is 0 Å². The molecule has 3 heterocycles. The van der Waals surface area contributed by atoms with Crippen molar-refractivity contribution in [1.29, 1.82) is 0 Å². The van der Waals surface area contributed by atoms with E-state index in [0.717, 1.165) is 28.7 Å². The molecule has 0 aliphatic rings. The van der Waals surface area contributed by atoms with E-state index >= 15 is 0 Å². The first-order valence-corrected chi connectivity index (χ1v) is 8.36. The molecule has 0 aliphatic heterocycles. The van der Waals surface area contributed by atoms with Crippen molar-refractivity contribution in [3.8, 4) is 17.0 Å². The van der Waals surface area contributed by atoms with Crippen molar-refractivity contribution >= 4 is 28.4 Å². The number of fused-ring (bicyclic) bond motifs is 1. The van der Waals surface area contributed by atoms with Gasteiger partial charge < -0.3 is 10.1 Å². The summed E-state index contributed by atoms with van der Waals surface area (Å²) in [6.07, 6.45) is 4.90. The lowest BCUT2D eigenvalue weighted by Crippen LogP contribution is -2.02. The molecule has 29 heavy (non-hydrogen) atoms. The van der Waals surface area contributed by atoms with E-state index < -0.39 is 16.4 Å². The number of nitrogens with one attached hydrogen (secondary N) is 1. The Kier molecular flexibility index (Phi) is 4.47. The summed E-state index contributed by atoms with van der Waals surface area (Å²) in [7, 11) is 3.13. The van der Waals surface area contributed by atoms with Crippen LogP contribution in [0.1, 0.15) is 0 Å². The molecule has 11 heteroatoms.